The molecule has 1 saturated heterocycles. The second-order valence-electron chi connectivity index (χ2n) is 7.45. The Bertz CT molecular complexity index is 1220. The second kappa shape index (κ2) is 8.48. The Labute approximate surface area is 183 Å². The van der Waals surface area contributed by atoms with E-state index < -0.39 is 21.8 Å². The quantitative estimate of drug-likeness (QED) is 0.619. The summed E-state index contributed by atoms with van der Waals surface area (Å²) in [6, 6.07) is 5.99. The molecule has 1 aromatic carbocycles. The van der Waals surface area contributed by atoms with Crippen molar-refractivity contribution < 1.29 is 22.1 Å². The zero-order valence-electron chi connectivity index (χ0n) is 17.0. The number of rotatable bonds is 5. The molecule has 2 aromatic heterocycles. The summed E-state index contributed by atoms with van der Waals surface area (Å²) < 4.78 is 46.5. The molecule has 1 fully saturated rings. The van der Waals surface area contributed by atoms with Crippen LogP contribution >= 0.6 is 11.3 Å². The van der Waals surface area contributed by atoms with Crippen molar-refractivity contribution in [3.8, 4) is 11.4 Å². The van der Waals surface area contributed by atoms with Gasteiger partial charge in [-0.3, -0.25) is 4.79 Å². The van der Waals surface area contributed by atoms with Crippen LogP contribution in [0.4, 0.5) is 10.1 Å². The average Bonchev–Trinajstić information content (AvgIpc) is 3.40. The van der Waals surface area contributed by atoms with Crippen LogP contribution in [0.5, 0.6) is 0 Å². The van der Waals surface area contributed by atoms with Crippen molar-refractivity contribution in [1.82, 2.24) is 14.4 Å². The molecular weight excluding hydrogens is 443 g/mol. The molecule has 1 amide bonds. The summed E-state index contributed by atoms with van der Waals surface area (Å²) in [5, 5.41) is 8.17. The van der Waals surface area contributed by atoms with Crippen LogP contribution in [0, 0.1) is 25.6 Å². The first-order chi connectivity index (χ1) is 14.7. The van der Waals surface area contributed by atoms with Crippen molar-refractivity contribution in [1.29, 1.82) is 0 Å². The molecule has 1 atom stereocenters. The van der Waals surface area contributed by atoms with Crippen molar-refractivity contribution in [2.75, 3.05) is 18.4 Å². The molecule has 164 valence electrons. The molecule has 3 heterocycles. The number of thiophene rings is 1. The first-order valence-electron chi connectivity index (χ1n) is 9.70. The predicted molar refractivity (Wildman–Crippen MR) is 114 cm³/mol. The van der Waals surface area contributed by atoms with Gasteiger partial charge in [-0.25, -0.2) is 12.8 Å². The molecule has 4 rings (SSSR count). The highest BCUT2D eigenvalue weighted by molar-refractivity contribution is 7.91. The fraction of sp³-hybridized carbons (Fsp3) is 0.350. The van der Waals surface area contributed by atoms with E-state index in [1.54, 1.807) is 31.4 Å². The molecule has 1 aliphatic heterocycles. The summed E-state index contributed by atoms with van der Waals surface area (Å²) in [5.41, 5.74) is 1.40. The number of hydrogen-bond acceptors (Lipinski definition) is 7. The number of nitrogens with zero attached hydrogens (tertiary/aromatic N) is 3. The molecular formula is C20H21FN4O4S2. The average molecular weight is 465 g/mol. The number of nitrogens with one attached hydrogen (secondary N) is 1. The van der Waals surface area contributed by atoms with Crippen LogP contribution in [0.25, 0.3) is 11.4 Å². The van der Waals surface area contributed by atoms with Crippen LogP contribution in [0.15, 0.2) is 38.4 Å². The lowest BCUT2D eigenvalue weighted by atomic mass is 9.98. The van der Waals surface area contributed by atoms with Gasteiger partial charge in [0.2, 0.25) is 17.6 Å². The standard InChI is InChI=1S/C20H21FN4O4S2/c1-12-5-6-16(9-17(12)21)23-20(26)14-4-3-7-25(10-14)31(27,28)18-8-15(11-30-18)19-22-13(2)29-24-19/h5-6,8-9,11,14H,3-4,7,10H2,1-2H3,(H,23,26)/t14-/m0/s1. The van der Waals surface area contributed by atoms with Gasteiger partial charge in [-0.05, 0) is 43.5 Å². The SMILES string of the molecule is Cc1nc(-c2csc(S(=O)(=O)N3CCC[C@H](C(=O)Nc4ccc(C)c(F)c4)C3)c2)no1. The first kappa shape index (κ1) is 21.6. The molecule has 11 heteroatoms. The predicted octanol–water partition coefficient (Wildman–Crippen LogP) is 3.59. The number of amides is 1. The summed E-state index contributed by atoms with van der Waals surface area (Å²) in [5.74, 6) is -0.527. The van der Waals surface area contributed by atoms with E-state index in [4.69, 9.17) is 4.52 Å². The number of benzene rings is 1. The molecule has 0 unspecified atom stereocenters. The summed E-state index contributed by atoms with van der Waals surface area (Å²) in [6.45, 7) is 3.70. The minimum atomic E-state index is -3.77. The normalized spacial score (nSPS) is 17.6. The van der Waals surface area contributed by atoms with Gasteiger partial charge in [-0.15, -0.1) is 11.3 Å². The van der Waals surface area contributed by atoms with E-state index in [0.29, 0.717) is 47.9 Å². The Hall–Kier alpha value is -2.63. The van der Waals surface area contributed by atoms with Gasteiger partial charge >= 0.3 is 0 Å². The minimum Gasteiger partial charge on any atom is -0.339 e. The number of carbonyl (C=O) groups is 1. The first-order valence-corrected chi connectivity index (χ1v) is 12.0. The van der Waals surface area contributed by atoms with Crippen LogP contribution in [-0.4, -0.2) is 41.9 Å². The lowest BCUT2D eigenvalue weighted by molar-refractivity contribution is -0.120. The molecule has 1 N–H and O–H groups in total. The highest BCUT2D eigenvalue weighted by Crippen LogP contribution is 2.31. The van der Waals surface area contributed by atoms with Crippen LogP contribution in [0.3, 0.4) is 0 Å². The van der Waals surface area contributed by atoms with Crippen LogP contribution in [0.1, 0.15) is 24.3 Å². The van der Waals surface area contributed by atoms with Crippen molar-refractivity contribution in [2.45, 2.75) is 30.9 Å². The molecule has 0 spiro atoms. The second-order valence-corrected chi connectivity index (χ2v) is 10.5. The maximum atomic E-state index is 13.8. The van der Waals surface area contributed by atoms with Gasteiger partial charge in [-0.2, -0.15) is 9.29 Å². The Morgan fingerprint density at radius 2 is 2.13 bits per heavy atom. The summed E-state index contributed by atoms with van der Waals surface area (Å²) in [4.78, 5) is 16.8. The zero-order valence-corrected chi connectivity index (χ0v) is 18.6. The monoisotopic (exact) mass is 464 g/mol. The van der Waals surface area contributed by atoms with Gasteiger partial charge in [0.05, 0.1) is 5.92 Å². The maximum absolute atomic E-state index is 13.8. The number of aryl methyl sites for hydroxylation is 2. The lowest BCUT2D eigenvalue weighted by Crippen LogP contribution is -2.43. The van der Waals surface area contributed by atoms with E-state index in [2.05, 4.69) is 15.5 Å². The minimum absolute atomic E-state index is 0.0665. The number of sulfonamides is 1. The van der Waals surface area contributed by atoms with E-state index in [0.717, 1.165) is 11.3 Å². The van der Waals surface area contributed by atoms with Crippen molar-refractivity contribution in [3.05, 3.63) is 46.9 Å². The molecule has 0 saturated carbocycles. The molecule has 1 aliphatic rings. The molecule has 8 nitrogen and oxygen atoms in total. The van der Waals surface area contributed by atoms with E-state index in [9.17, 15) is 17.6 Å². The summed E-state index contributed by atoms with van der Waals surface area (Å²) in [7, 11) is -3.77. The Balaban J connectivity index is 1.47. The number of aromatic nitrogens is 2. The van der Waals surface area contributed by atoms with Crippen molar-refractivity contribution >= 4 is 33.0 Å². The van der Waals surface area contributed by atoms with Crippen molar-refractivity contribution in [2.24, 2.45) is 5.92 Å². The van der Waals surface area contributed by atoms with Crippen LogP contribution < -0.4 is 5.32 Å². The number of piperidine rings is 1. The number of carbonyl (C=O) groups excluding carboxylic acids is 1. The third-order valence-corrected chi connectivity index (χ3v) is 8.43. The van der Waals surface area contributed by atoms with Crippen LogP contribution in [-0.2, 0) is 14.8 Å². The van der Waals surface area contributed by atoms with E-state index in [-0.39, 0.29) is 16.7 Å². The van der Waals surface area contributed by atoms with Gasteiger partial charge in [0.15, 0.2) is 0 Å². The van der Waals surface area contributed by atoms with Crippen LogP contribution in [0.2, 0.25) is 0 Å². The lowest BCUT2D eigenvalue weighted by Gasteiger charge is -2.30. The highest BCUT2D eigenvalue weighted by Gasteiger charge is 2.34. The van der Waals surface area contributed by atoms with Gasteiger partial charge in [0.25, 0.3) is 10.0 Å². The van der Waals surface area contributed by atoms with Gasteiger partial charge < -0.3 is 9.84 Å². The highest BCUT2D eigenvalue weighted by atomic mass is 32.2. The third-order valence-electron chi connectivity index (χ3n) is 5.15. The van der Waals surface area contributed by atoms with Gasteiger partial charge in [0, 0.05) is 36.6 Å². The fourth-order valence-electron chi connectivity index (χ4n) is 3.40. The van der Waals surface area contributed by atoms with Crippen molar-refractivity contribution in [3.63, 3.8) is 0 Å². The Morgan fingerprint density at radius 1 is 1.32 bits per heavy atom. The topological polar surface area (TPSA) is 105 Å². The third kappa shape index (κ3) is 4.53. The van der Waals surface area contributed by atoms with E-state index >= 15 is 0 Å². The number of halogens is 1. The smallest absolute Gasteiger partial charge is 0.252 e. The maximum Gasteiger partial charge on any atom is 0.252 e. The zero-order chi connectivity index (χ0) is 22.2. The summed E-state index contributed by atoms with van der Waals surface area (Å²) >= 11 is 1.08. The van der Waals surface area contributed by atoms with Gasteiger partial charge in [0.1, 0.15) is 10.0 Å². The molecule has 0 radical (unpaired) electrons. The molecule has 0 bridgehead atoms. The Kier molecular flexibility index (Phi) is 5.91. The fourth-order valence-corrected chi connectivity index (χ4v) is 6.24. The van der Waals surface area contributed by atoms with Gasteiger partial charge in [-0.1, -0.05) is 11.2 Å². The van der Waals surface area contributed by atoms with E-state index in [1.165, 1.54) is 16.4 Å². The molecule has 0 aliphatic carbocycles. The Morgan fingerprint density at radius 3 is 2.84 bits per heavy atom. The number of hydrogen-bond donors (Lipinski definition) is 1. The largest absolute Gasteiger partial charge is 0.339 e. The molecule has 31 heavy (non-hydrogen) atoms. The number of anilines is 1. The molecule has 3 aromatic rings. The summed E-state index contributed by atoms with van der Waals surface area (Å²) in [6.07, 6.45) is 1.12. The van der Waals surface area contributed by atoms with E-state index in [1.807, 2.05) is 0 Å².